The van der Waals surface area contributed by atoms with Gasteiger partial charge in [-0.25, -0.2) is 9.78 Å². The van der Waals surface area contributed by atoms with E-state index in [9.17, 15) is 9.90 Å². The van der Waals surface area contributed by atoms with Crippen LogP contribution >= 0.6 is 0 Å². The molecule has 2 rings (SSSR count). The first kappa shape index (κ1) is 14.8. The van der Waals surface area contributed by atoms with Crippen LogP contribution in [0, 0.1) is 5.92 Å². The van der Waals surface area contributed by atoms with Crippen molar-refractivity contribution in [2.45, 2.75) is 58.4 Å². The van der Waals surface area contributed by atoms with E-state index >= 15 is 0 Å². The maximum absolute atomic E-state index is 11.3. The van der Waals surface area contributed by atoms with Crippen LogP contribution in [0.3, 0.4) is 0 Å². The van der Waals surface area contributed by atoms with Crippen LogP contribution in [-0.4, -0.2) is 22.1 Å². The van der Waals surface area contributed by atoms with Crippen molar-refractivity contribution < 1.29 is 9.90 Å². The molecule has 0 amide bonds. The quantitative estimate of drug-likeness (QED) is 0.861. The van der Waals surface area contributed by atoms with Gasteiger partial charge in [0, 0.05) is 17.2 Å². The van der Waals surface area contributed by atoms with E-state index in [1.807, 2.05) is 20.8 Å². The van der Waals surface area contributed by atoms with Gasteiger partial charge in [-0.15, -0.1) is 0 Å². The largest absolute Gasteiger partial charge is 0.478 e. The first-order valence-corrected chi connectivity index (χ1v) is 7.28. The molecule has 4 nitrogen and oxygen atoms in total. The molecule has 1 unspecified atom stereocenters. The van der Waals surface area contributed by atoms with E-state index in [0.29, 0.717) is 17.4 Å². The first-order valence-electron chi connectivity index (χ1n) is 7.28. The number of anilines is 1. The Morgan fingerprint density at radius 2 is 2.10 bits per heavy atom. The molecule has 1 aliphatic rings. The van der Waals surface area contributed by atoms with E-state index in [0.717, 1.165) is 18.0 Å². The van der Waals surface area contributed by atoms with Crippen LogP contribution in [0.1, 0.15) is 63.0 Å². The number of carboxylic acids is 1. The van der Waals surface area contributed by atoms with Gasteiger partial charge in [-0.3, -0.25) is 0 Å². The molecule has 0 aliphatic heterocycles. The van der Waals surface area contributed by atoms with Gasteiger partial charge in [-0.1, -0.05) is 33.6 Å². The van der Waals surface area contributed by atoms with Crippen molar-refractivity contribution in [1.82, 2.24) is 4.98 Å². The van der Waals surface area contributed by atoms with Gasteiger partial charge in [0.1, 0.15) is 5.82 Å². The summed E-state index contributed by atoms with van der Waals surface area (Å²) >= 11 is 0. The molecule has 0 radical (unpaired) electrons. The zero-order chi connectivity index (χ0) is 14.9. The summed E-state index contributed by atoms with van der Waals surface area (Å²) in [5.74, 6) is 0.598. The molecule has 0 saturated heterocycles. The summed E-state index contributed by atoms with van der Waals surface area (Å²) < 4.78 is 0. The van der Waals surface area contributed by atoms with Gasteiger partial charge >= 0.3 is 5.97 Å². The Balaban J connectivity index is 2.21. The highest BCUT2D eigenvalue weighted by atomic mass is 16.4. The minimum atomic E-state index is -0.907. The molecule has 1 heterocycles. The number of aromatic carboxylic acids is 1. The van der Waals surface area contributed by atoms with E-state index in [-0.39, 0.29) is 5.41 Å². The summed E-state index contributed by atoms with van der Waals surface area (Å²) in [5.41, 5.74) is 0.936. The van der Waals surface area contributed by atoms with Crippen LogP contribution < -0.4 is 5.32 Å². The number of hydrogen-bond donors (Lipinski definition) is 2. The molecule has 1 fully saturated rings. The number of aromatic nitrogens is 1. The number of carbonyl (C=O) groups is 1. The van der Waals surface area contributed by atoms with Gasteiger partial charge in [0.2, 0.25) is 0 Å². The number of nitrogens with zero attached hydrogens (tertiary/aromatic N) is 1. The van der Waals surface area contributed by atoms with Gasteiger partial charge < -0.3 is 10.4 Å². The van der Waals surface area contributed by atoms with Crippen LogP contribution in [0.25, 0.3) is 0 Å². The summed E-state index contributed by atoms with van der Waals surface area (Å²) in [6.45, 7) is 8.25. The molecule has 1 aliphatic carbocycles. The number of nitrogens with one attached hydrogen (secondary N) is 1. The molecule has 1 aromatic rings. The van der Waals surface area contributed by atoms with Gasteiger partial charge in [0.15, 0.2) is 0 Å². The molecule has 2 N–H and O–H groups in total. The van der Waals surface area contributed by atoms with Crippen molar-refractivity contribution >= 4 is 11.8 Å². The highest BCUT2D eigenvalue weighted by Gasteiger charge is 2.24. The lowest BCUT2D eigenvalue weighted by molar-refractivity contribution is 0.0696. The van der Waals surface area contributed by atoms with Crippen LogP contribution in [0.2, 0.25) is 0 Å². The van der Waals surface area contributed by atoms with Gasteiger partial charge in [-0.2, -0.15) is 0 Å². The smallest absolute Gasteiger partial charge is 0.335 e. The Kier molecular flexibility index (Phi) is 4.02. The second-order valence-electron chi connectivity index (χ2n) is 6.91. The number of pyridine rings is 1. The topological polar surface area (TPSA) is 62.2 Å². The number of carboxylic acid groups (broad SMARTS) is 1. The normalized spacial score (nSPS) is 16.8. The standard InChI is InChI=1S/C16H24N2O2/c1-10(7-11-5-6-11)17-14-9-12(15(19)20)8-13(18-14)16(2,3)4/h8-11H,5-7H2,1-4H3,(H,17,18)(H,19,20). The van der Waals surface area contributed by atoms with Crippen molar-refractivity contribution in [3.63, 3.8) is 0 Å². The fraction of sp³-hybridized carbons (Fsp3) is 0.625. The van der Waals surface area contributed by atoms with Crippen molar-refractivity contribution in [3.8, 4) is 0 Å². The molecule has 20 heavy (non-hydrogen) atoms. The SMILES string of the molecule is CC(CC1CC1)Nc1cc(C(=O)O)cc(C(C)(C)C)n1. The zero-order valence-electron chi connectivity index (χ0n) is 12.7. The van der Waals surface area contributed by atoms with Crippen molar-refractivity contribution in [2.75, 3.05) is 5.32 Å². The van der Waals surface area contributed by atoms with Gasteiger partial charge in [-0.05, 0) is 31.4 Å². The third kappa shape index (κ3) is 3.95. The van der Waals surface area contributed by atoms with Crippen LogP contribution in [0.4, 0.5) is 5.82 Å². The van der Waals surface area contributed by atoms with Crippen LogP contribution in [-0.2, 0) is 5.41 Å². The maximum Gasteiger partial charge on any atom is 0.335 e. The average Bonchev–Trinajstić information content (AvgIpc) is 3.11. The van der Waals surface area contributed by atoms with Crippen molar-refractivity contribution in [1.29, 1.82) is 0 Å². The highest BCUT2D eigenvalue weighted by molar-refractivity contribution is 5.88. The average molecular weight is 276 g/mol. The van der Waals surface area contributed by atoms with Gasteiger partial charge in [0.05, 0.1) is 5.56 Å². The van der Waals surface area contributed by atoms with Gasteiger partial charge in [0.25, 0.3) is 0 Å². The monoisotopic (exact) mass is 276 g/mol. The molecule has 0 spiro atoms. The molecule has 110 valence electrons. The molecule has 4 heteroatoms. The Bertz CT molecular complexity index is 502. The predicted octanol–water partition coefficient (Wildman–Crippen LogP) is 3.68. The van der Waals surface area contributed by atoms with Crippen molar-refractivity contribution in [2.24, 2.45) is 5.92 Å². The van der Waals surface area contributed by atoms with Crippen molar-refractivity contribution in [3.05, 3.63) is 23.4 Å². The fourth-order valence-corrected chi connectivity index (χ4v) is 2.28. The molecular weight excluding hydrogens is 252 g/mol. The number of hydrogen-bond acceptors (Lipinski definition) is 3. The second-order valence-corrected chi connectivity index (χ2v) is 6.91. The van der Waals surface area contributed by atoms with E-state index in [2.05, 4.69) is 17.2 Å². The Morgan fingerprint density at radius 1 is 1.45 bits per heavy atom. The summed E-state index contributed by atoms with van der Waals surface area (Å²) in [6.07, 6.45) is 3.77. The Hall–Kier alpha value is -1.58. The van der Waals surface area contributed by atoms with Crippen LogP contribution in [0.15, 0.2) is 12.1 Å². The maximum atomic E-state index is 11.3. The van der Waals surface area contributed by atoms with E-state index in [4.69, 9.17) is 0 Å². The summed E-state index contributed by atoms with van der Waals surface area (Å²) in [7, 11) is 0. The summed E-state index contributed by atoms with van der Waals surface area (Å²) in [4.78, 5) is 15.8. The minimum absolute atomic E-state index is 0.165. The minimum Gasteiger partial charge on any atom is -0.478 e. The summed E-state index contributed by atoms with van der Waals surface area (Å²) in [5, 5.41) is 12.6. The number of rotatable bonds is 5. The zero-order valence-corrected chi connectivity index (χ0v) is 12.7. The predicted molar refractivity (Wildman–Crippen MR) is 80.3 cm³/mol. The molecular formula is C16H24N2O2. The Morgan fingerprint density at radius 3 is 2.60 bits per heavy atom. The molecule has 0 aromatic carbocycles. The molecule has 1 aromatic heterocycles. The molecule has 1 atom stereocenters. The van der Waals surface area contributed by atoms with E-state index in [1.165, 1.54) is 12.8 Å². The lowest BCUT2D eigenvalue weighted by Gasteiger charge is -2.21. The van der Waals surface area contributed by atoms with Crippen LogP contribution in [0.5, 0.6) is 0 Å². The third-order valence-corrected chi connectivity index (χ3v) is 3.62. The Labute approximate surface area is 120 Å². The van der Waals surface area contributed by atoms with E-state index in [1.54, 1.807) is 12.1 Å². The lowest BCUT2D eigenvalue weighted by Crippen LogP contribution is -2.20. The second kappa shape index (κ2) is 5.43. The summed E-state index contributed by atoms with van der Waals surface area (Å²) in [6, 6.07) is 3.62. The third-order valence-electron chi connectivity index (χ3n) is 3.62. The molecule has 0 bridgehead atoms. The van der Waals surface area contributed by atoms with E-state index < -0.39 is 5.97 Å². The fourth-order valence-electron chi connectivity index (χ4n) is 2.28. The first-order chi connectivity index (χ1) is 9.25. The molecule has 1 saturated carbocycles. The highest BCUT2D eigenvalue weighted by Crippen LogP contribution is 2.34. The lowest BCUT2D eigenvalue weighted by atomic mass is 9.90.